The number of aliphatic carboxylic acids is 2. The van der Waals surface area contributed by atoms with Crippen molar-refractivity contribution < 1.29 is 52.5 Å². The maximum atomic E-state index is 14.8. The lowest BCUT2D eigenvalue weighted by molar-refractivity contribution is -0.139. The quantitative estimate of drug-likeness (QED) is 0.0223. The summed E-state index contributed by atoms with van der Waals surface area (Å²) in [5.74, 6) is -2.87. The Balaban J connectivity index is 0.863. The highest BCUT2D eigenvalue weighted by Gasteiger charge is 2.59. The van der Waals surface area contributed by atoms with Crippen LogP contribution in [0.15, 0.2) is 63.3 Å². The van der Waals surface area contributed by atoms with Crippen LogP contribution in [-0.4, -0.2) is 76.2 Å². The Hall–Kier alpha value is -6.16. The lowest BCUT2D eigenvalue weighted by Gasteiger charge is -2.58. The van der Waals surface area contributed by atoms with Crippen molar-refractivity contribution in [3.05, 3.63) is 87.1 Å². The Morgan fingerprint density at radius 1 is 0.779 bits per heavy atom. The third-order valence-electron chi connectivity index (χ3n) is 18.5. The van der Waals surface area contributed by atoms with Crippen molar-refractivity contribution in [3.8, 4) is 28.2 Å². The number of allylic oxidation sites excluding steroid dienone is 1. The van der Waals surface area contributed by atoms with Gasteiger partial charge in [-0.15, -0.1) is 0 Å². The molecule has 0 aromatic heterocycles. The molecule has 0 bridgehead atoms. The Bertz CT molecular complexity index is 2940. The van der Waals surface area contributed by atoms with Crippen LogP contribution in [0, 0.1) is 64.9 Å². The molecule has 77 heavy (non-hydrogen) atoms. The minimum atomic E-state index is -1.46. The third-order valence-corrected chi connectivity index (χ3v) is 18.5. The zero-order chi connectivity index (χ0) is 55.5. The van der Waals surface area contributed by atoms with Crippen LogP contribution in [-0.2, 0) is 19.2 Å². The van der Waals surface area contributed by atoms with Crippen molar-refractivity contribution in [1.82, 2.24) is 21.3 Å². The van der Waals surface area contributed by atoms with Gasteiger partial charge in [0.2, 0.25) is 17.2 Å². The second-order valence-corrected chi connectivity index (χ2v) is 23.9. The minimum Gasteiger partial charge on any atom is -0.505 e. The van der Waals surface area contributed by atoms with Gasteiger partial charge in [-0.25, -0.2) is 8.78 Å². The zero-order valence-electron chi connectivity index (χ0n) is 45.5. The Labute approximate surface area is 450 Å². The number of nitrogens with one attached hydrogen (secondary N) is 4. The fourth-order valence-electron chi connectivity index (χ4n) is 14.5. The van der Waals surface area contributed by atoms with Gasteiger partial charge in [0.1, 0.15) is 23.4 Å². The standard InChI is InChI=1S/C61H78F2N4O10/c1-33(2)9-7-10-34(3)43-15-16-44-40-14-12-37-28-38(21-23-60(37,5)45(40)22-24-61(43,44)6)64-25-8-26-65-58(75)48(17-19-54(70)71)67-59(76)49(18-20-55(72)73)66-57(74)36-11-13-39(35(4)27-36)56-41-29-46(62)50(68)31-52(41)77-53-32-51(69)47(63)30-42(53)56/h11-13,27,29-34,38,40,43-45,48-49,64,68H,7-10,14-26,28H2,1-6H3,(H,65,75)(H,66,74)(H,67,76)(H,70,71)(H,72,73)/t34-,38+,40+,43-,44+,45+,48+,49+,60+,61-/m1/s1. The molecular formula is C61H78F2N4O10. The van der Waals surface area contributed by atoms with Crippen molar-refractivity contribution in [2.45, 2.75) is 162 Å². The highest BCUT2D eigenvalue weighted by Crippen LogP contribution is 2.67. The van der Waals surface area contributed by atoms with Gasteiger partial charge in [-0.1, -0.05) is 71.6 Å². The van der Waals surface area contributed by atoms with E-state index >= 15 is 0 Å². The number of carboxylic acid groups (broad SMARTS) is 2. The van der Waals surface area contributed by atoms with Gasteiger partial charge >= 0.3 is 11.9 Å². The van der Waals surface area contributed by atoms with Crippen molar-refractivity contribution in [1.29, 1.82) is 0 Å². The average Bonchev–Trinajstić information content (AvgIpc) is 4.01. The van der Waals surface area contributed by atoms with E-state index in [-0.39, 0.29) is 58.2 Å². The van der Waals surface area contributed by atoms with Crippen LogP contribution in [0.4, 0.5) is 8.78 Å². The van der Waals surface area contributed by atoms with Crippen molar-refractivity contribution >= 4 is 40.6 Å². The molecule has 1 aliphatic heterocycles. The number of rotatable bonds is 22. The molecule has 3 amide bonds. The molecule has 8 rings (SSSR count). The number of amides is 3. The number of aryl methyl sites for hydroxylation is 1. The predicted octanol–water partition coefficient (Wildman–Crippen LogP) is 10.7. The number of benzene rings is 3. The van der Waals surface area contributed by atoms with Crippen LogP contribution in [0.5, 0.6) is 5.75 Å². The minimum absolute atomic E-state index is 0.00394. The van der Waals surface area contributed by atoms with Crippen LogP contribution < -0.4 is 26.7 Å². The largest absolute Gasteiger partial charge is 0.505 e. The fraction of sp³-hybridized carbons (Fsp3) is 0.574. The van der Waals surface area contributed by atoms with Gasteiger partial charge in [0, 0.05) is 59.6 Å². The molecule has 2 aromatic carbocycles. The van der Waals surface area contributed by atoms with E-state index in [1.807, 2.05) is 0 Å². The second kappa shape index (κ2) is 23.8. The molecule has 0 saturated heterocycles. The van der Waals surface area contributed by atoms with Gasteiger partial charge in [0.15, 0.2) is 17.4 Å². The van der Waals surface area contributed by atoms with E-state index in [4.69, 9.17) is 4.42 Å². The number of phenolic OH excluding ortho intramolecular Hbond substituents is 1. The van der Waals surface area contributed by atoms with Crippen LogP contribution in [0.3, 0.4) is 0 Å². The first-order chi connectivity index (χ1) is 36.6. The molecule has 16 heteroatoms. The molecule has 3 fully saturated rings. The maximum absolute atomic E-state index is 14.8. The summed E-state index contributed by atoms with van der Waals surface area (Å²) in [5, 5.41) is 41.0. The summed E-state index contributed by atoms with van der Waals surface area (Å²) in [6.07, 6.45) is 15.4. The maximum Gasteiger partial charge on any atom is 0.303 e. The van der Waals surface area contributed by atoms with Gasteiger partial charge < -0.3 is 41.0 Å². The van der Waals surface area contributed by atoms with Crippen molar-refractivity contribution in [2.75, 3.05) is 13.1 Å². The topological polar surface area (TPSA) is 224 Å². The highest BCUT2D eigenvalue weighted by molar-refractivity contribution is 6.04. The number of fused-ring (bicyclic) bond motifs is 7. The molecule has 416 valence electrons. The van der Waals surface area contributed by atoms with E-state index in [9.17, 15) is 52.9 Å². The van der Waals surface area contributed by atoms with Gasteiger partial charge in [-0.05, 0) is 166 Å². The van der Waals surface area contributed by atoms with Gasteiger partial charge in [-0.3, -0.25) is 28.8 Å². The first-order valence-electron chi connectivity index (χ1n) is 28.0. The molecule has 14 nitrogen and oxygen atoms in total. The number of aromatic hydroxyl groups is 1. The molecule has 10 atom stereocenters. The van der Waals surface area contributed by atoms with E-state index in [0.29, 0.717) is 35.5 Å². The van der Waals surface area contributed by atoms with E-state index in [1.54, 1.807) is 12.5 Å². The predicted molar refractivity (Wildman–Crippen MR) is 290 cm³/mol. The summed E-state index contributed by atoms with van der Waals surface area (Å²) in [5.41, 5.74) is 2.52. The normalized spacial score (nSPS) is 25.0. The molecule has 3 saturated carbocycles. The third kappa shape index (κ3) is 12.4. The Morgan fingerprint density at radius 3 is 2.21 bits per heavy atom. The highest BCUT2D eigenvalue weighted by atomic mass is 19.1. The first-order valence-corrected chi connectivity index (χ1v) is 28.0. The van der Waals surface area contributed by atoms with Gasteiger partial charge in [0.25, 0.3) is 5.91 Å². The number of carbonyl (C=O) groups excluding carboxylic acids is 3. The number of phenols is 1. The van der Waals surface area contributed by atoms with E-state index in [1.165, 1.54) is 69.6 Å². The van der Waals surface area contributed by atoms with Crippen molar-refractivity contribution in [3.63, 3.8) is 0 Å². The Kier molecular flexibility index (Phi) is 17.7. The Morgan fingerprint density at radius 2 is 1.51 bits per heavy atom. The summed E-state index contributed by atoms with van der Waals surface area (Å²) in [6.45, 7) is 14.9. The smallest absolute Gasteiger partial charge is 0.303 e. The molecule has 2 aromatic rings. The van der Waals surface area contributed by atoms with Gasteiger partial charge in [-0.2, -0.15) is 0 Å². The molecule has 6 aliphatic rings. The number of hydrogen-bond donors (Lipinski definition) is 7. The first kappa shape index (κ1) is 57.0. The van der Waals surface area contributed by atoms with Gasteiger partial charge in [0.05, 0.1) is 0 Å². The molecule has 0 unspecified atom stereocenters. The van der Waals surface area contributed by atoms with Crippen LogP contribution in [0.25, 0.3) is 33.4 Å². The summed E-state index contributed by atoms with van der Waals surface area (Å²) in [7, 11) is 0. The van der Waals surface area contributed by atoms with Crippen LogP contribution in [0.1, 0.15) is 153 Å². The molecule has 0 radical (unpaired) electrons. The zero-order valence-corrected chi connectivity index (χ0v) is 45.5. The lowest BCUT2D eigenvalue weighted by Crippen LogP contribution is -2.54. The molecule has 7 N–H and O–H groups in total. The molecule has 1 heterocycles. The van der Waals surface area contributed by atoms with E-state index < -0.39 is 77.4 Å². The van der Waals surface area contributed by atoms with E-state index in [2.05, 4.69) is 62.0 Å². The summed E-state index contributed by atoms with van der Waals surface area (Å²) in [6, 6.07) is 5.83. The second-order valence-electron chi connectivity index (χ2n) is 23.9. The number of halogens is 2. The van der Waals surface area contributed by atoms with Crippen LogP contribution in [0.2, 0.25) is 0 Å². The van der Waals surface area contributed by atoms with Crippen molar-refractivity contribution in [2.24, 2.45) is 46.3 Å². The molecular weight excluding hydrogens is 987 g/mol. The average molecular weight is 1070 g/mol. The molecule has 0 spiro atoms. The summed E-state index contributed by atoms with van der Waals surface area (Å²) < 4.78 is 35.2. The van der Waals surface area contributed by atoms with E-state index in [0.717, 1.165) is 79.0 Å². The SMILES string of the molecule is Cc1cc(C(=O)N[C@@H](CCC(=O)O)C(=O)N[C@@H](CCC(=O)O)C(=O)NCCCN[C@H]2CC[C@@]3(C)C(=CC[C@H]4[C@@H]5CC[C@H]([C@H](C)CCCC(C)C)[C@@]5(C)CC[C@@H]43)C2)ccc1-c1c2cc(F)c(=O)cc-2oc2cc(O)c(F)cc12. The number of hydrogen-bond acceptors (Lipinski definition) is 9. The number of carbonyl (C=O) groups is 5. The molecule has 5 aliphatic carbocycles. The summed E-state index contributed by atoms with van der Waals surface area (Å²) in [4.78, 5) is 76.9. The number of carboxylic acids is 2. The monoisotopic (exact) mass is 1060 g/mol. The van der Waals surface area contributed by atoms with Crippen LogP contribution >= 0.6 is 0 Å². The summed E-state index contributed by atoms with van der Waals surface area (Å²) >= 11 is 0. The fourth-order valence-corrected chi connectivity index (χ4v) is 14.5. The lowest BCUT2D eigenvalue weighted by atomic mass is 9.47.